The zero-order valence-electron chi connectivity index (χ0n) is 33.9. The first-order valence-corrected chi connectivity index (χ1v) is 19.4. The fourth-order valence-corrected chi connectivity index (χ4v) is 6.27. The molecule has 0 radical (unpaired) electrons. The summed E-state index contributed by atoms with van der Waals surface area (Å²) in [5.74, 6) is -2.49. The molecule has 0 saturated carbocycles. The van der Waals surface area contributed by atoms with Crippen molar-refractivity contribution >= 4 is 35.6 Å². The van der Waals surface area contributed by atoms with Gasteiger partial charge >= 0.3 is 6.09 Å². The van der Waals surface area contributed by atoms with Gasteiger partial charge in [-0.15, -0.1) is 0 Å². The van der Waals surface area contributed by atoms with Crippen LogP contribution in [0.25, 0.3) is 0 Å². The Hall–Kier alpha value is -5.46. The first-order valence-electron chi connectivity index (χ1n) is 19.4. The minimum absolute atomic E-state index is 0.00177. The smallest absolute Gasteiger partial charge is 0.408 e. The molecule has 0 aromatic heterocycles. The van der Waals surface area contributed by atoms with Gasteiger partial charge in [0.25, 0.3) is 11.8 Å². The van der Waals surface area contributed by atoms with Crippen LogP contribution in [-0.4, -0.2) is 77.8 Å². The Morgan fingerprint density at radius 3 is 1.82 bits per heavy atom. The molecule has 0 aliphatic carbocycles. The van der Waals surface area contributed by atoms with Gasteiger partial charge < -0.3 is 30.7 Å². The van der Waals surface area contributed by atoms with E-state index in [2.05, 4.69) is 21.3 Å². The van der Waals surface area contributed by atoms with Gasteiger partial charge in [-0.2, -0.15) is 0 Å². The number of amides is 6. The van der Waals surface area contributed by atoms with Crippen LogP contribution in [-0.2, 0) is 46.5 Å². The Bertz CT molecular complexity index is 1690. The molecule has 1 heterocycles. The van der Waals surface area contributed by atoms with Crippen molar-refractivity contribution in [3.05, 3.63) is 95.8 Å². The molecule has 0 spiro atoms. The number of carbonyl (C=O) groups is 6. The Balaban J connectivity index is 1.68. The van der Waals surface area contributed by atoms with Gasteiger partial charge in [0.1, 0.15) is 36.5 Å². The minimum Gasteiger partial charge on any atom is -0.499 e. The van der Waals surface area contributed by atoms with Crippen LogP contribution in [0.4, 0.5) is 4.79 Å². The zero-order chi connectivity index (χ0) is 41.4. The maximum atomic E-state index is 13.8. The Morgan fingerprint density at radius 2 is 1.29 bits per heavy atom. The van der Waals surface area contributed by atoms with Crippen LogP contribution in [0.3, 0.4) is 0 Å². The summed E-state index contributed by atoms with van der Waals surface area (Å²) in [5.41, 5.74) is 1.72. The molecule has 0 bridgehead atoms. The fourth-order valence-electron chi connectivity index (χ4n) is 6.27. The molecule has 56 heavy (non-hydrogen) atoms. The molecule has 0 saturated heterocycles. The first-order chi connectivity index (χ1) is 26.6. The highest BCUT2D eigenvalue weighted by molar-refractivity contribution is 6.08. The number of rotatable bonds is 20. The highest BCUT2D eigenvalue weighted by atomic mass is 16.5. The highest BCUT2D eigenvalue weighted by Gasteiger charge is 2.38. The summed E-state index contributed by atoms with van der Waals surface area (Å²) in [5, 5.41) is 11.2. The summed E-state index contributed by atoms with van der Waals surface area (Å²) >= 11 is 0. The molecule has 0 unspecified atom stereocenters. The summed E-state index contributed by atoms with van der Waals surface area (Å²) in [7, 11) is 1.46. The lowest BCUT2D eigenvalue weighted by Crippen LogP contribution is -2.58. The molecule has 6 amide bonds. The Labute approximate surface area is 331 Å². The van der Waals surface area contributed by atoms with Gasteiger partial charge in [0.2, 0.25) is 17.7 Å². The number of carbonyl (C=O) groups excluding carboxylic acids is 6. The predicted molar refractivity (Wildman–Crippen MR) is 213 cm³/mol. The van der Waals surface area contributed by atoms with E-state index < -0.39 is 65.8 Å². The molecular weight excluding hydrogens is 714 g/mol. The van der Waals surface area contributed by atoms with Gasteiger partial charge in [-0.3, -0.25) is 28.9 Å². The van der Waals surface area contributed by atoms with Gasteiger partial charge in [-0.05, 0) is 48.6 Å². The van der Waals surface area contributed by atoms with E-state index in [0.717, 1.165) is 16.0 Å². The first kappa shape index (κ1) is 44.9. The normalized spacial score (nSPS) is 16.8. The van der Waals surface area contributed by atoms with E-state index in [-0.39, 0.29) is 30.8 Å². The van der Waals surface area contributed by atoms with Crippen LogP contribution < -0.4 is 21.3 Å². The molecule has 1 aliphatic heterocycles. The van der Waals surface area contributed by atoms with Crippen LogP contribution in [0, 0.1) is 17.8 Å². The van der Waals surface area contributed by atoms with Crippen LogP contribution >= 0.6 is 0 Å². The summed E-state index contributed by atoms with van der Waals surface area (Å²) in [4.78, 5) is 81.2. The third-order valence-corrected chi connectivity index (χ3v) is 9.45. The average Bonchev–Trinajstić information content (AvgIpc) is 3.48. The quantitative estimate of drug-likeness (QED) is 0.137. The summed E-state index contributed by atoms with van der Waals surface area (Å²) < 4.78 is 10.8. The van der Waals surface area contributed by atoms with E-state index in [4.69, 9.17) is 9.47 Å². The zero-order valence-corrected chi connectivity index (χ0v) is 33.9. The van der Waals surface area contributed by atoms with Gasteiger partial charge in [0.05, 0.1) is 7.11 Å². The van der Waals surface area contributed by atoms with Gasteiger partial charge in [-0.25, -0.2) is 4.79 Å². The van der Waals surface area contributed by atoms with Crippen molar-refractivity contribution in [3.8, 4) is 0 Å². The number of ether oxygens (including phenoxy) is 2. The highest BCUT2D eigenvalue weighted by Crippen LogP contribution is 2.24. The number of nitrogens with zero attached hydrogens (tertiary/aromatic N) is 1. The molecule has 3 rings (SSSR count). The molecular formula is C43H59N5O8. The lowest BCUT2D eigenvalue weighted by atomic mass is 9.96. The largest absolute Gasteiger partial charge is 0.499 e. The number of methoxy groups -OCH3 is 1. The fraction of sp³-hybridized carbons (Fsp3) is 0.488. The summed E-state index contributed by atoms with van der Waals surface area (Å²) in [6.07, 6.45) is 4.81. The van der Waals surface area contributed by atoms with Gasteiger partial charge in [-0.1, -0.05) is 115 Å². The Kier molecular flexibility index (Phi) is 17.8. The van der Waals surface area contributed by atoms with Crippen molar-refractivity contribution in [1.82, 2.24) is 26.2 Å². The van der Waals surface area contributed by atoms with E-state index in [0.29, 0.717) is 25.0 Å². The lowest BCUT2D eigenvalue weighted by molar-refractivity contribution is -0.139. The van der Waals surface area contributed by atoms with Crippen LogP contribution in [0.5, 0.6) is 0 Å². The van der Waals surface area contributed by atoms with Crippen LogP contribution in [0.2, 0.25) is 0 Å². The van der Waals surface area contributed by atoms with Crippen molar-refractivity contribution in [2.75, 3.05) is 7.11 Å². The number of alkyl carbamates (subject to hydrolysis) is 1. The van der Waals surface area contributed by atoms with Gasteiger partial charge in [0.15, 0.2) is 0 Å². The minimum atomic E-state index is -0.999. The lowest BCUT2D eigenvalue weighted by Gasteiger charge is -2.28. The molecule has 0 fully saturated rings. The van der Waals surface area contributed by atoms with E-state index in [9.17, 15) is 28.8 Å². The molecule has 2 aromatic carbocycles. The van der Waals surface area contributed by atoms with Gasteiger partial charge in [0, 0.05) is 24.6 Å². The van der Waals surface area contributed by atoms with E-state index in [1.807, 2.05) is 102 Å². The van der Waals surface area contributed by atoms with Crippen molar-refractivity contribution in [2.45, 2.75) is 111 Å². The monoisotopic (exact) mass is 773 g/mol. The third-order valence-electron chi connectivity index (χ3n) is 9.45. The van der Waals surface area contributed by atoms with E-state index in [1.165, 1.54) is 25.3 Å². The molecule has 1 aliphatic rings. The SMILES string of the molecule is CC[C@H](C)[C@H](NC(=O)OCc1ccccc1)C(=O)N[C@@H](CC(C)C)C(=O)N[C@@H](CC(C)C)C(=O)N[C@@H](C)/C=C/C(=O)N1C(=O)C=C(OC)[C@@H]1Cc1ccccc1. The molecule has 4 N–H and O–H groups in total. The number of benzene rings is 2. The third kappa shape index (κ3) is 14.0. The van der Waals surface area contributed by atoms with E-state index in [1.54, 1.807) is 6.92 Å². The molecule has 2 aromatic rings. The molecule has 6 atom stereocenters. The number of hydrogen-bond donors (Lipinski definition) is 4. The number of hydrogen-bond acceptors (Lipinski definition) is 8. The molecule has 304 valence electrons. The van der Waals surface area contributed by atoms with Crippen molar-refractivity contribution in [1.29, 1.82) is 0 Å². The standard InChI is InChI=1S/C43H59N5O8/c1-9-29(6)39(47-43(54)56-26-32-18-14-11-15-19-32)42(53)46-34(23-28(4)5)41(52)45-33(22-27(2)3)40(51)44-30(7)20-21-37(49)48-35(36(55-8)25-38(48)50)24-31-16-12-10-13-17-31/h10-21,25,27-30,33-35,39H,9,22-24,26H2,1-8H3,(H,44,51)(H,45,52)(H,46,53)(H,47,54)/b21-20+/t29-,30-,33-,34-,35-,39-/m0/s1. The second kappa shape index (κ2) is 22.2. The average molecular weight is 774 g/mol. The second-order valence-corrected chi connectivity index (χ2v) is 15.1. The van der Waals surface area contributed by atoms with Crippen LogP contribution in [0.1, 0.15) is 78.9 Å². The number of nitrogens with one attached hydrogen (secondary N) is 4. The summed E-state index contributed by atoms with van der Waals surface area (Å²) in [6, 6.07) is 14.4. The Morgan fingerprint density at radius 1 is 0.750 bits per heavy atom. The maximum absolute atomic E-state index is 13.8. The predicted octanol–water partition coefficient (Wildman–Crippen LogP) is 4.96. The second-order valence-electron chi connectivity index (χ2n) is 15.1. The molecule has 13 heteroatoms. The topological polar surface area (TPSA) is 172 Å². The van der Waals surface area contributed by atoms with Crippen molar-refractivity contribution in [3.63, 3.8) is 0 Å². The van der Waals surface area contributed by atoms with E-state index >= 15 is 0 Å². The van der Waals surface area contributed by atoms with Crippen molar-refractivity contribution in [2.24, 2.45) is 17.8 Å². The maximum Gasteiger partial charge on any atom is 0.408 e. The summed E-state index contributed by atoms with van der Waals surface area (Å²) in [6.45, 7) is 13.1. The molecule has 13 nitrogen and oxygen atoms in total. The van der Waals surface area contributed by atoms with Crippen LogP contribution in [0.15, 0.2) is 84.7 Å². The van der Waals surface area contributed by atoms with Crippen molar-refractivity contribution < 1.29 is 38.2 Å². The number of imide groups is 1.